The molecule has 0 aliphatic carbocycles. The number of ether oxygens (including phenoxy) is 1. The standard InChI is InChI=1S/C23H21ClN6O3/c1-11-5-15(12(2)26-16-3-4-19(24)28-21(16)23(31)32)20-17(6-11)27-18(8-25)22(29-20)30-9-14-7-13(30)10-33-14/h3-6,12-14,26H,7,9-10H2,1-2H3,(H,31,32)/t12-,13-,14-/m1/s1. The van der Waals surface area contributed by atoms with Gasteiger partial charge < -0.3 is 20.1 Å². The molecule has 0 radical (unpaired) electrons. The molecule has 0 amide bonds. The van der Waals surface area contributed by atoms with E-state index in [-0.39, 0.29) is 29.0 Å². The second-order valence-electron chi connectivity index (χ2n) is 8.43. The Hall–Kier alpha value is -3.48. The normalized spacial score (nSPS) is 20.1. The van der Waals surface area contributed by atoms with Crippen LogP contribution in [0.1, 0.15) is 46.7 Å². The number of rotatable bonds is 5. The number of fused-ring (bicyclic) bond motifs is 3. The number of carbonyl (C=O) groups is 1. The molecule has 2 bridgehead atoms. The summed E-state index contributed by atoms with van der Waals surface area (Å²) in [4.78, 5) is 27.2. The summed E-state index contributed by atoms with van der Waals surface area (Å²) < 4.78 is 5.70. The molecule has 10 heteroatoms. The maximum atomic E-state index is 11.7. The first kappa shape index (κ1) is 21.4. The fourth-order valence-corrected chi connectivity index (χ4v) is 4.76. The average Bonchev–Trinajstić information content (AvgIpc) is 3.42. The van der Waals surface area contributed by atoms with Crippen LogP contribution in [-0.4, -0.2) is 51.3 Å². The minimum atomic E-state index is -1.17. The van der Waals surface area contributed by atoms with E-state index < -0.39 is 5.97 Å². The van der Waals surface area contributed by atoms with Gasteiger partial charge in [0, 0.05) is 12.1 Å². The molecule has 2 saturated heterocycles. The number of benzene rings is 1. The predicted octanol–water partition coefficient (Wildman–Crippen LogP) is 3.71. The molecule has 3 atom stereocenters. The Morgan fingerprint density at radius 3 is 2.85 bits per heavy atom. The number of pyridine rings is 1. The molecular formula is C23H21ClN6O3. The number of halogens is 1. The van der Waals surface area contributed by atoms with Crippen LogP contribution in [0.5, 0.6) is 0 Å². The summed E-state index contributed by atoms with van der Waals surface area (Å²) in [5.41, 5.74) is 3.57. The van der Waals surface area contributed by atoms with E-state index in [4.69, 9.17) is 21.3 Å². The summed E-state index contributed by atoms with van der Waals surface area (Å²) in [6, 6.07) is 9.10. The highest BCUT2D eigenvalue weighted by Gasteiger charge is 2.41. The zero-order valence-electron chi connectivity index (χ0n) is 18.0. The summed E-state index contributed by atoms with van der Waals surface area (Å²) >= 11 is 5.89. The van der Waals surface area contributed by atoms with Crippen molar-refractivity contribution in [1.82, 2.24) is 15.0 Å². The van der Waals surface area contributed by atoms with Gasteiger partial charge in [-0.05, 0) is 44.0 Å². The van der Waals surface area contributed by atoms with Crippen LogP contribution < -0.4 is 10.2 Å². The van der Waals surface area contributed by atoms with E-state index in [0.29, 0.717) is 41.4 Å². The Labute approximate surface area is 195 Å². The van der Waals surface area contributed by atoms with Gasteiger partial charge in [0.2, 0.25) is 0 Å². The molecule has 0 unspecified atom stereocenters. The van der Waals surface area contributed by atoms with Gasteiger partial charge in [-0.15, -0.1) is 0 Å². The zero-order chi connectivity index (χ0) is 23.3. The predicted molar refractivity (Wildman–Crippen MR) is 123 cm³/mol. The highest BCUT2D eigenvalue weighted by molar-refractivity contribution is 6.29. The quantitative estimate of drug-likeness (QED) is 0.543. The summed E-state index contributed by atoms with van der Waals surface area (Å²) in [5, 5.41) is 22.6. The molecule has 2 N–H and O–H groups in total. The molecule has 4 heterocycles. The topological polar surface area (TPSA) is 124 Å². The first-order valence-electron chi connectivity index (χ1n) is 10.6. The minimum Gasteiger partial charge on any atom is -0.476 e. The number of carboxylic acids is 1. The molecule has 5 rings (SSSR count). The van der Waals surface area contributed by atoms with Crippen LogP contribution in [-0.2, 0) is 4.74 Å². The van der Waals surface area contributed by atoms with Crippen molar-refractivity contribution in [3.05, 3.63) is 51.9 Å². The van der Waals surface area contributed by atoms with Gasteiger partial charge in [-0.3, -0.25) is 0 Å². The van der Waals surface area contributed by atoms with E-state index in [1.165, 1.54) is 0 Å². The van der Waals surface area contributed by atoms with Gasteiger partial charge >= 0.3 is 5.97 Å². The molecule has 2 fully saturated rings. The Bertz CT molecular complexity index is 1320. The van der Waals surface area contributed by atoms with Crippen molar-refractivity contribution in [3.8, 4) is 6.07 Å². The summed E-state index contributed by atoms with van der Waals surface area (Å²) in [6.07, 6.45) is 1.08. The van der Waals surface area contributed by atoms with Crippen LogP contribution in [0.2, 0.25) is 5.15 Å². The smallest absolute Gasteiger partial charge is 0.356 e. The van der Waals surface area contributed by atoms with Crippen molar-refractivity contribution in [2.45, 2.75) is 38.5 Å². The Morgan fingerprint density at radius 2 is 2.18 bits per heavy atom. The van der Waals surface area contributed by atoms with Crippen molar-refractivity contribution in [2.24, 2.45) is 0 Å². The van der Waals surface area contributed by atoms with Gasteiger partial charge in [0.25, 0.3) is 0 Å². The number of nitrogens with zero attached hydrogens (tertiary/aromatic N) is 5. The maximum Gasteiger partial charge on any atom is 0.356 e. The van der Waals surface area contributed by atoms with Crippen molar-refractivity contribution < 1.29 is 14.6 Å². The molecule has 3 aromatic rings. The molecule has 2 aliphatic heterocycles. The van der Waals surface area contributed by atoms with E-state index in [2.05, 4.69) is 26.3 Å². The maximum absolute atomic E-state index is 11.7. The van der Waals surface area contributed by atoms with Gasteiger partial charge in [-0.1, -0.05) is 17.7 Å². The van der Waals surface area contributed by atoms with Crippen molar-refractivity contribution in [1.29, 1.82) is 5.26 Å². The monoisotopic (exact) mass is 464 g/mol. The third-order valence-corrected chi connectivity index (χ3v) is 6.32. The van der Waals surface area contributed by atoms with Gasteiger partial charge in [-0.25, -0.2) is 19.7 Å². The average molecular weight is 465 g/mol. The van der Waals surface area contributed by atoms with Gasteiger partial charge in [-0.2, -0.15) is 5.26 Å². The molecule has 2 aromatic heterocycles. The van der Waals surface area contributed by atoms with Crippen LogP contribution in [0.3, 0.4) is 0 Å². The third kappa shape index (κ3) is 3.81. The zero-order valence-corrected chi connectivity index (χ0v) is 18.8. The van der Waals surface area contributed by atoms with Gasteiger partial charge in [0.05, 0.1) is 41.5 Å². The number of nitriles is 1. The number of aromatic nitrogens is 3. The van der Waals surface area contributed by atoms with Crippen molar-refractivity contribution in [3.63, 3.8) is 0 Å². The Kier molecular flexibility index (Phi) is 5.27. The van der Waals surface area contributed by atoms with Gasteiger partial charge in [0.15, 0.2) is 17.2 Å². The lowest BCUT2D eigenvalue weighted by molar-refractivity contribution is 0.0691. The molecule has 1 aromatic carbocycles. The van der Waals surface area contributed by atoms with E-state index in [1.54, 1.807) is 12.1 Å². The number of morpholine rings is 1. The van der Waals surface area contributed by atoms with Crippen LogP contribution >= 0.6 is 11.6 Å². The number of aryl methyl sites for hydroxylation is 1. The lowest BCUT2D eigenvalue weighted by Gasteiger charge is -2.28. The molecule has 0 saturated carbocycles. The minimum absolute atomic E-state index is 0.107. The van der Waals surface area contributed by atoms with Gasteiger partial charge in [0.1, 0.15) is 11.2 Å². The summed E-state index contributed by atoms with van der Waals surface area (Å²) in [5.74, 6) is -0.606. The first-order chi connectivity index (χ1) is 15.8. The van der Waals surface area contributed by atoms with Crippen LogP contribution in [0, 0.1) is 18.3 Å². The Morgan fingerprint density at radius 1 is 1.36 bits per heavy atom. The van der Waals surface area contributed by atoms with E-state index in [0.717, 1.165) is 17.5 Å². The largest absolute Gasteiger partial charge is 0.476 e. The molecule has 168 valence electrons. The fourth-order valence-electron chi connectivity index (χ4n) is 4.61. The molecule has 9 nitrogen and oxygen atoms in total. The first-order valence-corrected chi connectivity index (χ1v) is 11.0. The van der Waals surface area contributed by atoms with Crippen molar-refractivity contribution in [2.75, 3.05) is 23.4 Å². The highest BCUT2D eigenvalue weighted by atomic mass is 35.5. The summed E-state index contributed by atoms with van der Waals surface area (Å²) in [6.45, 7) is 5.17. The van der Waals surface area contributed by atoms with E-state index in [9.17, 15) is 15.2 Å². The SMILES string of the molecule is Cc1cc([C@@H](C)Nc2ccc(Cl)nc2C(=O)O)c2nc(N3C[C@H]4C[C@@H]3CO4)c(C#N)nc2c1. The van der Waals surface area contributed by atoms with Crippen molar-refractivity contribution >= 4 is 40.1 Å². The number of carboxylic acid groups (broad SMARTS) is 1. The second kappa shape index (κ2) is 8.14. The van der Waals surface area contributed by atoms with E-state index >= 15 is 0 Å². The molecule has 0 spiro atoms. The Balaban J connectivity index is 1.59. The van der Waals surface area contributed by atoms with E-state index in [1.807, 2.05) is 26.0 Å². The second-order valence-corrected chi connectivity index (χ2v) is 8.82. The fraction of sp³-hybridized carbons (Fsp3) is 0.348. The van der Waals surface area contributed by atoms with Crippen LogP contribution in [0.4, 0.5) is 11.5 Å². The summed E-state index contributed by atoms with van der Waals surface area (Å²) in [7, 11) is 0. The molecule has 33 heavy (non-hydrogen) atoms. The number of hydrogen-bond donors (Lipinski definition) is 2. The number of aromatic carboxylic acids is 1. The third-order valence-electron chi connectivity index (χ3n) is 6.11. The molecule has 2 aliphatic rings. The number of nitrogens with one attached hydrogen (secondary N) is 1. The lowest BCUT2D eigenvalue weighted by Crippen LogP contribution is -2.38. The lowest BCUT2D eigenvalue weighted by atomic mass is 10.0. The number of hydrogen-bond acceptors (Lipinski definition) is 8. The number of anilines is 2. The van der Waals surface area contributed by atoms with Crippen LogP contribution in [0.25, 0.3) is 11.0 Å². The molecular weight excluding hydrogens is 444 g/mol. The van der Waals surface area contributed by atoms with Crippen LogP contribution in [0.15, 0.2) is 24.3 Å². The highest BCUT2D eigenvalue weighted by Crippen LogP contribution is 2.35.